The fraction of sp³-hybridized carbons (Fsp3) is 0.154. The molecule has 1 unspecified atom stereocenters. The molecule has 3 N–H and O–H groups in total. The number of carbonyl (C=O) groups is 1. The Balaban J connectivity index is 2.44. The molecule has 1 amide bonds. The predicted octanol–water partition coefficient (Wildman–Crippen LogP) is 1.77. The number of primary amides is 1. The number of anilines is 2. The molecule has 0 bridgehead atoms. The van der Waals surface area contributed by atoms with Gasteiger partial charge in [-0.2, -0.15) is 0 Å². The van der Waals surface area contributed by atoms with Crippen molar-refractivity contribution in [1.29, 1.82) is 0 Å². The highest BCUT2D eigenvalue weighted by Crippen LogP contribution is 2.23. The van der Waals surface area contributed by atoms with Crippen molar-refractivity contribution in [3.8, 4) is 0 Å². The van der Waals surface area contributed by atoms with Gasteiger partial charge in [-0.25, -0.2) is 9.97 Å². The molecular weight excluding hydrogens is 328 g/mol. The van der Waals surface area contributed by atoms with Crippen molar-refractivity contribution >= 4 is 40.1 Å². The normalized spacial score (nSPS) is 12.0. The quantitative estimate of drug-likeness (QED) is 0.801. The monoisotopic (exact) mass is 339 g/mol. The Morgan fingerprint density at radius 3 is 2.77 bits per heavy atom. The topological polar surface area (TPSA) is 121 Å². The second-order valence-corrected chi connectivity index (χ2v) is 5.56. The molecule has 0 saturated heterocycles. The molecule has 1 atom stereocenters. The van der Waals surface area contributed by atoms with Crippen molar-refractivity contribution in [2.75, 3.05) is 5.32 Å². The Kier molecular flexibility index (Phi) is 5.07. The maximum atomic E-state index is 11.5. The van der Waals surface area contributed by atoms with Crippen molar-refractivity contribution in [2.24, 2.45) is 5.73 Å². The molecule has 0 fully saturated rings. The summed E-state index contributed by atoms with van der Waals surface area (Å²) in [5, 5.41) is 2.96. The van der Waals surface area contributed by atoms with Gasteiger partial charge in [0.2, 0.25) is 0 Å². The summed E-state index contributed by atoms with van der Waals surface area (Å²) in [6.07, 6.45) is 0.497. The number of benzene rings is 1. The Labute approximate surface area is 134 Å². The second kappa shape index (κ2) is 6.82. The van der Waals surface area contributed by atoms with E-state index in [2.05, 4.69) is 15.3 Å². The van der Waals surface area contributed by atoms with Gasteiger partial charge in [0.1, 0.15) is 0 Å². The van der Waals surface area contributed by atoms with Crippen LogP contribution in [0.25, 0.3) is 0 Å². The Morgan fingerprint density at radius 1 is 1.45 bits per heavy atom. The van der Waals surface area contributed by atoms with Crippen molar-refractivity contribution in [2.45, 2.75) is 18.2 Å². The highest BCUT2D eigenvalue weighted by molar-refractivity contribution is 7.79. The summed E-state index contributed by atoms with van der Waals surface area (Å²) >= 11 is 3.63. The van der Waals surface area contributed by atoms with Crippen LogP contribution in [0.15, 0.2) is 29.2 Å². The summed E-state index contributed by atoms with van der Waals surface area (Å²) in [5.74, 6) is -0.687. The van der Waals surface area contributed by atoms with E-state index < -0.39 is 17.0 Å². The maximum Gasteiger partial charge on any atom is 0.271 e. The lowest BCUT2D eigenvalue weighted by atomic mass is 10.3. The third-order valence-electron chi connectivity index (χ3n) is 2.78. The molecule has 0 aliphatic rings. The molecule has 2 aromatic rings. The summed E-state index contributed by atoms with van der Waals surface area (Å²) in [6, 6.07) is 5.98. The lowest BCUT2D eigenvalue weighted by Crippen LogP contribution is -2.18. The van der Waals surface area contributed by atoms with Gasteiger partial charge in [0, 0.05) is 10.6 Å². The minimum Gasteiger partial charge on any atom is -0.768 e. The summed E-state index contributed by atoms with van der Waals surface area (Å²) in [4.78, 5) is 19.8. The zero-order valence-electron chi connectivity index (χ0n) is 11.5. The number of carbonyl (C=O) groups excluding carboxylic acids is 1. The van der Waals surface area contributed by atoms with Crippen LogP contribution in [0, 0.1) is 0 Å². The third kappa shape index (κ3) is 3.59. The van der Waals surface area contributed by atoms with E-state index >= 15 is 0 Å². The van der Waals surface area contributed by atoms with Gasteiger partial charge in [0.05, 0.1) is 5.69 Å². The van der Waals surface area contributed by atoms with Crippen LogP contribution in [-0.4, -0.2) is 24.6 Å². The smallest absolute Gasteiger partial charge is 0.271 e. The van der Waals surface area contributed by atoms with Crippen LogP contribution in [0.2, 0.25) is 5.15 Å². The van der Waals surface area contributed by atoms with Crippen molar-refractivity contribution in [1.82, 2.24) is 9.97 Å². The second-order valence-electron chi connectivity index (χ2n) is 4.26. The number of nitrogens with one attached hydrogen (secondary N) is 1. The molecule has 116 valence electrons. The van der Waals surface area contributed by atoms with Crippen molar-refractivity contribution in [3.05, 3.63) is 40.8 Å². The van der Waals surface area contributed by atoms with Gasteiger partial charge in [-0.15, -0.1) is 0 Å². The van der Waals surface area contributed by atoms with Gasteiger partial charge >= 0.3 is 0 Å². The number of aromatic nitrogens is 2. The van der Waals surface area contributed by atoms with Crippen LogP contribution >= 0.6 is 11.6 Å². The first-order valence-corrected chi connectivity index (χ1v) is 7.70. The molecule has 1 heterocycles. The molecule has 9 heteroatoms. The number of nitrogens with zero attached hydrogens (tertiary/aromatic N) is 2. The summed E-state index contributed by atoms with van der Waals surface area (Å²) < 4.78 is 21.9. The minimum absolute atomic E-state index is 0.0603. The highest BCUT2D eigenvalue weighted by atomic mass is 35.5. The zero-order chi connectivity index (χ0) is 16.3. The molecule has 0 spiro atoms. The molecule has 1 aromatic heterocycles. The number of rotatable bonds is 5. The van der Waals surface area contributed by atoms with Crippen LogP contribution in [0.5, 0.6) is 0 Å². The van der Waals surface area contributed by atoms with E-state index in [1.807, 2.05) is 6.92 Å². The molecule has 7 nitrogen and oxygen atoms in total. The van der Waals surface area contributed by atoms with Gasteiger partial charge in [0.15, 0.2) is 16.7 Å². The molecular formula is C13H12ClN4O3S-. The fourth-order valence-electron chi connectivity index (χ4n) is 1.75. The highest BCUT2D eigenvalue weighted by Gasteiger charge is 2.16. The molecule has 0 aliphatic carbocycles. The summed E-state index contributed by atoms with van der Waals surface area (Å²) in [5.41, 5.74) is 6.11. The fourth-order valence-corrected chi connectivity index (χ4v) is 2.42. The third-order valence-corrected chi connectivity index (χ3v) is 3.72. The van der Waals surface area contributed by atoms with Crippen LogP contribution in [-0.2, 0) is 17.5 Å². The first kappa shape index (κ1) is 16.3. The molecule has 0 saturated carbocycles. The zero-order valence-corrected chi connectivity index (χ0v) is 13.1. The number of hydrogen-bond acceptors (Lipinski definition) is 6. The van der Waals surface area contributed by atoms with E-state index in [9.17, 15) is 13.6 Å². The number of nitrogens with two attached hydrogens (primary N) is 1. The van der Waals surface area contributed by atoms with Gasteiger partial charge in [-0.05, 0) is 35.7 Å². The van der Waals surface area contributed by atoms with Crippen LogP contribution in [0.1, 0.15) is 23.1 Å². The predicted molar refractivity (Wildman–Crippen MR) is 81.8 cm³/mol. The van der Waals surface area contributed by atoms with E-state index in [0.717, 1.165) is 0 Å². The average molecular weight is 340 g/mol. The lowest BCUT2D eigenvalue weighted by Gasteiger charge is -2.12. The van der Waals surface area contributed by atoms with Crippen LogP contribution < -0.4 is 11.1 Å². The molecule has 2 rings (SSSR count). The van der Waals surface area contributed by atoms with Crippen LogP contribution in [0.3, 0.4) is 0 Å². The number of halogens is 1. The number of hydrogen-bond donors (Lipinski definition) is 2. The minimum atomic E-state index is -2.36. The summed E-state index contributed by atoms with van der Waals surface area (Å²) in [6.45, 7) is 1.82. The van der Waals surface area contributed by atoms with Gasteiger partial charge in [-0.3, -0.25) is 9.00 Å². The maximum absolute atomic E-state index is 11.5. The van der Waals surface area contributed by atoms with E-state index in [1.165, 1.54) is 12.1 Å². The average Bonchev–Trinajstić information content (AvgIpc) is 2.47. The Morgan fingerprint density at radius 2 is 2.18 bits per heavy atom. The summed E-state index contributed by atoms with van der Waals surface area (Å²) in [7, 11) is 0. The standard InChI is InChI=1S/C13H13ClN4O3S/c1-2-9-11(14)18-13(10(17-9)12(15)19)16-7-4-3-5-8(6-7)22(20)21/h3-6H,2H2,1H3,(H2,15,19)(H,16,18)(H,20,21)/p-1. The van der Waals surface area contributed by atoms with Crippen molar-refractivity contribution < 1.29 is 13.6 Å². The molecule has 0 aliphatic heterocycles. The molecule has 22 heavy (non-hydrogen) atoms. The van der Waals surface area contributed by atoms with Gasteiger partial charge in [-0.1, -0.05) is 24.6 Å². The van der Waals surface area contributed by atoms with Crippen LogP contribution in [0.4, 0.5) is 11.5 Å². The van der Waals surface area contributed by atoms with Gasteiger partial charge in [0.25, 0.3) is 5.91 Å². The van der Waals surface area contributed by atoms with E-state index in [4.69, 9.17) is 17.3 Å². The van der Waals surface area contributed by atoms with E-state index in [1.54, 1.807) is 12.1 Å². The Bertz CT molecular complexity index is 754. The molecule has 1 aromatic carbocycles. The number of amides is 1. The Hall–Kier alpha value is -2.03. The van der Waals surface area contributed by atoms with Gasteiger partial charge < -0.3 is 15.6 Å². The molecule has 0 radical (unpaired) electrons. The SMILES string of the molecule is CCc1nc(C(N)=O)c(Nc2cccc(S(=O)[O-])c2)nc1Cl. The van der Waals surface area contributed by atoms with Crippen molar-refractivity contribution in [3.63, 3.8) is 0 Å². The first-order chi connectivity index (χ1) is 10.4. The first-order valence-electron chi connectivity index (χ1n) is 6.25. The largest absolute Gasteiger partial charge is 0.768 e. The van der Waals surface area contributed by atoms with E-state index in [0.29, 0.717) is 17.8 Å². The van der Waals surface area contributed by atoms with E-state index in [-0.39, 0.29) is 21.6 Å². The lowest BCUT2D eigenvalue weighted by molar-refractivity contribution is 0.0996. The number of aryl methyl sites for hydroxylation is 1.